The summed E-state index contributed by atoms with van der Waals surface area (Å²) < 4.78 is 0. The van der Waals surface area contributed by atoms with Crippen molar-refractivity contribution in [2.75, 3.05) is 20.6 Å². The first-order valence-corrected chi connectivity index (χ1v) is 5.65. The molecule has 0 spiro atoms. The predicted octanol–water partition coefficient (Wildman–Crippen LogP) is 1.61. The lowest BCUT2D eigenvalue weighted by Crippen LogP contribution is -2.42. The molecule has 2 aliphatic rings. The average Bonchev–Trinajstić information content (AvgIpc) is 2.90. The molecule has 1 unspecified atom stereocenters. The summed E-state index contributed by atoms with van der Waals surface area (Å²) in [6.07, 6.45) is 8.43. The predicted molar refractivity (Wildman–Crippen MR) is 55.9 cm³/mol. The molecule has 76 valence electrons. The molecule has 1 aliphatic carbocycles. The van der Waals surface area contributed by atoms with Crippen LogP contribution in [-0.4, -0.2) is 37.1 Å². The van der Waals surface area contributed by atoms with Gasteiger partial charge in [0.25, 0.3) is 0 Å². The first-order chi connectivity index (χ1) is 6.26. The molecule has 2 rings (SSSR count). The number of rotatable bonds is 3. The first-order valence-electron chi connectivity index (χ1n) is 5.65. The smallest absolute Gasteiger partial charge is 0.0194 e. The van der Waals surface area contributed by atoms with E-state index >= 15 is 0 Å². The van der Waals surface area contributed by atoms with E-state index in [4.69, 9.17) is 0 Å². The van der Waals surface area contributed by atoms with Crippen LogP contribution in [0.5, 0.6) is 0 Å². The van der Waals surface area contributed by atoms with Crippen LogP contribution in [0.1, 0.15) is 38.5 Å². The zero-order valence-corrected chi connectivity index (χ0v) is 8.97. The van der Waals surface area contributed by atoms with Crippen LogP contribution in [0.15, 0.2) is 0 Å². The largest absolute Gasteiger partial charge is 0.314 e. The van der Waals surface area contributed by atoms with Crippen LogP contribution in [0.3, 0.4) is 0 Å². The van der Waals surface area contributed by atoms with Crippen molar-refractivity contribution in [3.8, 4) is 0 Å². The molecule has 0 amide bonds. The zero-order valence-electron chi connectivity index (χ0n) is 8.97. The number of piperidine rings is 1. The van der Waals surface area contributed by atoms with E-state index in [0.717, 1.165) is 6.04 Å². The number of hydrogen-bond donors (Lipinski definition) is 1. The van der Waals surface area contributed by atoms with E-state index < -0.39 is 0 Å². The lowest BCUT2D eigenvalue weighted by Gasteiger charge is -2.35. The summed E-state index contributed by atoms with van der Waals surface area (Å²) in [5.41, 5.74) is 0.538. The Morgan fingerprint density at radius 3 is 2.69 bits per heavy atom. The molecule has 2 fully saturated rings. The van der Waals surface area contributed by atoms with Gasteiger partial charge >= 0.3 is 0 Å². The minimum Gasteiger partial charge on any atom is -0.314 e. The Hall–Kier alpha value is -0.0800. The monoisotopic (exact) mass is 182 g/mol. The third-order valence-corrected chi connectivity index (χ3v) is 3.93. The van der Waals surface area contributed by atoms with Crippen molar-refractivity contribution in [3.63, 3.8) is 0 Å². The highest BCUT2D eigenvalue weighted by Gasteiger charge is 2.43. The van der Waals surface area contributed by atoms with Crippen molar-refractivity contribution < 1.29 is 0 Å². The molecular weight excluding hydrogens is 160 g/mol. The first kappa shape index (κ1) is 9.47. The fraction of sp³-hybridized carbons (Fsp3) is 1.00. The van der Waals surface area contributed by atoms with Gasteiger partial charge in [0.15, 0.2) is 0 Å². The van der Waals surface area contributed by atoms with Gasteiger partial charge in [-0.3, -0.25) is 0 Å². The summed E-state index contributed by atoms with van der Waals surface area (Å²) in [7, 11) is 4.41. The van der Waals surface area contributed by atoms with Gasteiger partial charge in [-0.2, -0.15) is 0 Å². The molecule has 13 heavy (non-hydrogen) atoms. The molecule has 0 aromatic rings. The van der Waals surface area contributed by atoms with Gasteiger partial charge < -0.3 is 10.2 Å². The SMILES string of the molecule is CNC1(CC2CCCCN2C)CC1. The summed E-state index contributed by atoms with van der Waals surface area (Å²) in [4.78, 5) is 2.56. The van der Waals surface area contributed by atoms with Crippen LogP contribution in [0.2, 0.25) is 0 Å². The summed E-state index contributed by atoms with van der Waals surface area (Å²) in [6.45, 7) is 1.31. The number of nitrogens with zero attached hydrogens (tertiary/aromatic N) is 1. The molecule has 1 saturated carbocycles. The lowest BCUT2D eigenvalue weighted by atomic mass is 9.95. The Bertz CT molecular complexity index is 175. The van der Waals surface area contributed by atoms with Gasteiger partial charge in [0.1, 0.15) is 0 Å². The van der Waals surface area contributed by atoms with E-state index in [-0.39, 0.29) is 0 Å². The van der Waals surface area contributed by atoms with Crippen molar-refractivity contribution >= 4 is 0 Å². The van der Waals surface area contributed by atoms with Crippen molar-refractivity contribution in [1.82, 2.24) is 10.2 Å². The van der Waals surface area contributed by atoms with Gasteiger partial charge in [-0.25, -0.2) is 0 Å². The molecule has 2 nitrogen and oxygen atoms in total. The van der Waals surface area contributed by atoms with E-state index in [9.17, 15) is 0 Å². The summed E-state index contributed by atoms with van der Waals surface area (Å²) in [5, 5.41) is 3.49. The number of likely N-dealkylation sites (tertiary alicyclic amines) is 1. The fourth-order valence-electron chi connectivity index (χ4n) is 2.56. The van der Waals surface area contributed by atoms with Gasteiger partial charge in [-0.05, 0) is 52.7 Å². The Kier molecular flexibility index (Phi) is 2.61. The highest BCUT2D eigenvalue weighted by Crippen LogP contribution is 2.41. The Balaban J connectivity index is 1.85. The molecule has 1 saturated heterocycles. The highest BCUT2D eigenvalue weighted by atomic mass is 15.1. The second-order valence-electron chi connectivity index (χ2n) is 4.86. The topological polar surface area (TPSA) is 15.3 Å². The third kappa shape index (κ3) is 2.05. The summed E-state index contributed by atoms with van der Waals surface area (Å²) in [5.74, 6) is 0. The molecule has 1 aliphatic heterocycles. The molecule has 0 bridgehead atoms. The van der Waals surface area contributed by atoms with Crippen LogP contribution in [0, 0.1) is 0 Å². The maximum atomic E-state index is 3.49. The van der Waals surface area contributed by atoms with Crippen LogP contribution < -0.4 is 5.32 Å². The maximum Gasteiger partial charge on any atom is 0.0194 e. The van der Waals surface area contributed by atoms with Crippen molar-refractivity contribution in [2.24, 2.45) is 0 Å². The van der Waals surface area contributed by atoms with E-state index in [1.165, 1.54) is 45.1 Å². The standard InChI is InChI=1S/C11H22N2/c1-12-11(6-7-11)9-10-5-3-4-8-13(10)2/h10,12H,3-9H2,1-2H3. The molecule has 1 N–H and O–H groups in total. The quantitative estimate of drug-likeness (QED) is 0.713. The normalized spacial score (nSPS) is 33.2. The summed E-state index contributed by atoms with van der Waals surface area (Å²) in [6, 6.07) is 0.851. The Labute approximate surface area is 81.7 Å². The van der Waals surface area contributed by atoms with E-state index in [0.29, 0.717) is 5.54 Å². The molecule has 0 aromatic carbocycles. The van der Waals surface area contributed by atoms with Crippen LogP contribution in [0.25, 0.3) is 0 Å². The van der Waals surface area contributed by atoms with Gasteiger partial charge in [0.05, 0.1) is 0 Å². The van der Waals surface area contributed by atoms with Gasteiger partial charge in [0.2, 0.25) is 0 Å². The van der Waals surface area contributed by atoms with Crippen molar-refractivity contribution in [1.29, 1.82) is 0 Å². The molecule has 0 radical (unpaired) electrons. The van der Waals surface area contributed by atoms with Gasteiger partial charge in [0, 0.05) is 11.6 Å². The lowest BCUT2D eigenvalue weighted by molar-refractivity contribution is 0.160. The van der Waals surface area contributed by atoms with Crippen LogP contribution in [0.4, 0.5) is 0 Å². The summed E-state index contributed by atoms with van der Waals surface area (Å²) >= 11 is 0. The van der Waals surface area contributed by atoms with Crippen LogP contribution >= 0.6 is 0 Å². The number of nitrogens with one attached hydrogen (secondary N) is 1. The zero-order chi connectivity index (χ0) is 9.31. The molecule has 0 aromatic heterocycles. The third-order valence-electron chi connectivity index (χ3n) is 3.93. The molecular formula is C11H22N2. The highest BCUT2D eigenvalue weighted by molar-refractivity contribution is 5.03. The minimum absolute atomic E-state index is 0.538. The minimum atomic E-state index is 0.538. The molecule has 1 heterocycles. The van der Waals surface area contributed by atoms with E-state index in [1.54, 1.807) is 0 Å². The maximum absolute atomic E-state index is 3.49. The second kappa shape index (κ2) is 3.58. The van der Waals surface area contributed by atoms with Gasteiger partial charge in [-0.15, -0.1) is 0 Å². The molecule has 1 atom stereocenters. The van der Waals surface area contributed by atoms with Gasteiger partial charge in [-0.1, -0.05) is 6.42 Å². The van der Waals surface area contributed by atoms with Crippen molar-refractivity contribution in [3.05, 3.63) is 0 Å². The second-order valence-corrected chi connectivity index (χ2v) is 4.86. The van der Waals surface area contributed by atoms with E-state index in [1.807, 2.05) is 0 Å². The number of hydrogen-bond acceptors (Lipinski definition) is 2. The average molecular weight is 182 g/mol. The fourth-order valence-corrected chi connectivity index (χ4v) is 2.56. The Morgan fingerprint density at radius 2 is 2.15 bits per heavy atom. The Morgan fingerprint density at radius 1 is 1.38 bits per heavy atom. The van der Waals surface area contributed by atoms with Crippen LogP contribution in [-0.2, 0) is 0 Å². The molecule has 2 heteroatoms. The van der Waals surface area contributed by atoms with Crippen molar-refractivity contribution in [2.45, 2.75) is 50.1 Å². The van der Waals surface area contributed by atoms with E-state index in [2.05, 4.69) is 24.3 Å².